The predicted octanol–water partition coefficient (Wildman–Crippen LogP) is 1.26. The minimum absolute atomic E-state index is 0.122. The zero-order valence-electron chi connectivity index (χ0n) is 10.8. The van der Waals surface area contributed by atoms with E-state index in [1.807, 2.05) is 37.3 Å². The molecule has 0 heterocycles. The van der Waals surface area contributed by atoms with Crippen LogP contribution in [0.3, 0.4) is 0 Å². The normalized spacial score (nSPS) is 27.2. The van der Waals surface area contributed by atoms with E-state index in [0.29, 0.717) is 0 Å². The molecule has 1 aromatic carbocycles. The first-order valence-corrected chi connectivity index (χ1v) is 6.34. The SMILES string of the molecule is CC(c1ccccc1)C1(CO)C=CC=CC1C(=O)[O-]. The summed E-state index contributed by atoms with van der Waals surface area (Å²) in [6.45, 7) is 1.70. The molecule has 1 aliphatic carbocycles. The van der Waals surface area contributed by atoms with Gasteiger partial charge in [0.25, 0.3) is 0 Å². The summed E-state index contributed by atoms with van der Waals surface area (Å²) < 4.78 is 0. The first-order valence-electron chi connectivity index (χ1n) is 6.34. The summed E-state index contributed by atoms with van der Waals surface area (Å²) in [6, 6.07) is 9.62. The van der Waals surface area contributed by atoms with Crippen LogP contribution in [0.5, 0.6) is 0 Å². The molecule has 0 saturated carbocycles. The zero-order chi connectivity index (χ0) is 13.9. The third-order valence-corrected chi connectivity index (χ3v) is 4.03. The summed E-state index contributed by atoms with van der Waals surface area (Å²) in [4.78, 5) is 11.4. The Balaban J connectivity index is 2.44. The minimum atomic E-state index is -1.16. The van der Waals surface area contributed by atoms with Crippen molar-refractivity contribution in [3.05, 3.63) is 60.2 Å². The van der Waals surface area contributed by atoms with Crippen molar-refractivity contribution in [2.75, 3.05) is 6.61 Å². The quantitative estimate of drug-likeness (QED) is 0.883. The first-order chi connectivity index (χ1) is 9.12. The van der Waals surface area contributed by atoms with Crippen LogP contribution in [0.1, 0.15) is 18.4 Å². The smallest absolute Gasteiger partial charge is 0.0537 e. The highest BCUT2D eigenvalue weighted by molar-refractivity contribution is 5.72. The molecule has 3 atom stereocenters. The molecule has 2 rings (SSSR count). The van der Waals surface area contributed by atoms with Gasteiger partial charge in [-0.15, -0.1) is 0 Å². The number of carbonyl (C=O) groups excluding carboxylic acids is 1. The van der Waals surface area contributed by atoms with Crippen molar-refractivity contribution in [3.63, 3.8) is 0 Å². The van der Waals surface area contributed by atoms with Gasteiger partial charge in [-0.25, -0.2) is 0 Å². The van der Waals surface area contributed by atoms with Gasteiger partial charge in [0.1, 0.15) is 0 Å². The molecule has 3 unspecified atom stereocenters. The van der Waals surface area contributed by atoms with E-state index in [0.717, 1.165) is 5.56 Å². The topological polar surface area (TPSA) is 60.4 Å². The second kappa shape index (κ2) is 5.41. The van der Waals surface area contributed by atoms with E-state index in [2.05, 4.69) is 0 Å². The Kier molecular flexibility index (Phi) is 3.86. The molecule has 0 fully saturated rings. The lowest BCUT2D eigenvalue weighted by Gasteiger charge is -2.42. The summed E-state index contributed by atoms with van der Waals surface area (Å²) in [5.41, 5.74) is 0.150. The molecule has 3 heteroatoms. The number of hydrogen-bond donors (Lipinski definition) is 1. The number of carbonyl (C=O) groups is 1. The van der Waals surface area contributed by atoms with Gasteiger partial charge in [0.2, 0.25) is 0 Å². The van der Waals surface area contributed by atoms with Gasteiger partial charge in [-0.3, -0.25) is 0 Å². The first kappa shape index (κ1) is 13.6. The van der Waals surface area contributed by atoms with E-state index in [1.54, 1.807) is 24.3 Å². The third kappa shape index (κ3) is 2.34. The van der Waals surface area contributed by atoms with Crippen LogP contribution in [-0.4, -0.2) is 17.7 Å². The van der Waals surface area contributed by atoms with Crippen LogP contribution in [0.4, 0.5) is 0 Å². The number of carboxylic acids is 1. The summed E-state index contributed by atoms with van der Waals surface area (Å²) >= 11 is 0. The Morgan fingerprint density at radius 1 is 1.37 bits per heavy atom. The Labute approximate surface area is 112 Å². The van der Waals surface area contributed by atoms with E-state index >= 15 is 0 Å². The lowest BCUT2D eigenvalue weighted by molar-refractivity contribution is -0.313. The van der Waals surface area contributed by atoms with Gasteiger partial charge in [0.05, 0.1) is 6.61 Å². The van der Waals surface area contributed by atoms with E-state index in [9.17, 15) is 15.0 Å². The number of allylic oxidation sites excluding steroid dienone is 2. The third-order valence-electron chi connectivity index (χ3n) is 4.03. The van der Waals surface area contributed by atoms with Gasteiger partial charge in [-0.05, 0) is 11.5 Å². The highest BCUT2D eigenvalue weighted by Crippen LogP contribution is 2.45. The van der Waals surface area contributed by atoms with E-state index in [-0.39, 0.29) is 12.5 Å². The summed E-state index contributed by atoms with van der Waals surface area (Å²) in [5.74, 6) is -2.10. The molecule has 3 nitrogen and oxygen atoms in total. The number of aliphatic hydroxyl groups excluding tert-OH is 1. The van der Waals surface area contributed by atoms with Gasteiger partial charge >= 0.3 is 0 Å². The second-order valence-electron chi connectivity index (χ2n) is 4.94. The number of hydrogen-bond acceptors (Lipinski definition) is 3. The van der Waals surface area contributed by atoms with Crippen molar-refractivity contribution in [2.24, 2.45) is 11.3 Å². The van der Waals surface area contributed by atoms with Crippen LogP contribution in [0.25, 0.3) is 0 Å². The molecule has 0 aliphatic heterocycles. The van der Waals surface area contributed by atoms with Crippen molar-refractivity contribution < 1.29 is 15.0 Å². The number of benzene rings is 1. The van der Waals surface area contributed by atoms with E-state index < -0.39 is 17.3 Å². The summed E-state index contributed by atoms with van der Waals surface area (Å²) in [7, 11) is 0. The fourth-order valence-electron chi connectivity index (χ4n) is 2.74. The van der Waals surface area contributed by atoms with Gasteiger partial charge in [-0.1, -0.05) is 61.6 Å². The zero-order valence-corrected chi connectivity index (χ0v) is 10.8. The number of aliphatic carboxylic acids is 1. The van der Waals surface area contributed by atoms with Crippen molar-refractivity contribution in [2.45, 2.75) is 12.8 Å². The molecule has 19 heavy (non-hydrogen) atoms. The Morgan fingerprint density at radius 2 is 2.05 bits per heavy atom. The van der Waals surface area contributed by atoms with Crippen molar-refractivity contribution in [1.29, 1.82) is 0 Å². The fourth-order valence-corrected chi connectivity index (χ4v) is 2.74. The Bertz CT molecular complexity index is 504. The standard InChI is InChI=1S/C16H18O3/c1-12(13-7-3-2-4-8-13)16(11-17)10-6-5-9-14(16)15(18)19/h2-10,12,14,17H,11H2,1H3,(H,18,19)/p-1. The van der Waals surface area contributed by atoms with Gasteiger partial charge < -0.3 is 15.0 Å². The molecular formula is C16H17O3-. The predicted molar refractivity (Wildman–Crippen MR) is 71.2 cm³/mol. The summed E-state index contributed by atoms with van der Waals surface area (Å²) in [6.07, 6.45) is 6.84. The Morgan fingerprint density at radius 3 is 2.63 bits per heavy atom. The molecule has 0 radical (unpaired) electrons. The molecule has 1 N–H and O–H groups in total. The Hall–Kier alpha value is -1.87. The molecule has 1 aliphatic rings. The van der Waals surface area contributed by atoms with E-state index in [1.165, 1.54) is 0 Å². The maximum absolute atomic E-state index is 11.4. The van der Waals surface area contributed by atoms with Crippen LogP contribution >= 0.6 is 0 Å². The van der Waals surface area contributed by atoms with Crippen molar-refractivity contribution >= 4 is 5.97 Å². The fraction of sp³-hybridized carbons (Fsp3) is 0.312. The van der Waals surface area contributed by atoms with Crippen molar-refractivity contribution in [1.82, 2.24) is 0 Å². The highest BCUT2D eigenvalue weighted by Gasteiger charge is 2.42. The molecule has 0 spiro atoms. The molecular weight excluding hydrogens is 240 g/mol. The summed E-state index contributed by atoms with van der Waals surface area (Å²) in [5, 5.41) is 21.2. The second-order valence-corrected chi connectivity index (χ2v) is 4.94. The number of aliphatic hydroxyl groups is 1. The lowest BCUT2D eigenvalue weighted by Crippen LogP contribution is -2.46. The molecule has 1 aromatic rings. The highest BCUT2D eigenvalue weighted by atomic mass is 16.4. The van der Waals surface area contributed by atoms with Crippen LogP contribution in [0.15, 0.2) is 54.6 Å². The van der Waals surface area contributed by atoms with Crippen LogP contribution < -0.4 is 5.11 Å². The average Bonchev–Trinajstić information content (AvgIpc) is 2.47. The van der Waals surface area contributed by atoms with Gasteiger partial charge in [0, 0.05) is 17.3 Å². The minimum Gasteiger partial charge on any atom is -0.549 e. The molecule has 0 amide bonds. The molecule has 100 valence electrons. The van der Waals surface area contributed by atoms with Crippen LogP contribution in [0, 0.1) is 11.3 Å². The molecule has 0 aromatic heterocycles. The average molecular weight is 257 g/mol. The van der Waals surface area contributed by atoms with Gasteiger partial charge in [-0.2, -0.15) is 0 Å². The van der Waals surface area contributed by atoms with Crippen LogP contribution in [-0.2, 0) is 4.79 Å². The number of rotatable bonds is 4. The lowest BCUT2D eigenvalue weighted by atomic mass is 9.63. The molecule has 0 saturated heterocycles. The van der Waals surface area contributed by atoms with Crippen molar-refractivity contribution in [3.8, 4) is 0 Å². The van der Waals surface area contributed by atoms with Crippen LogP contribution in [0.2, 0.25) is 0 Å². The van der Waals surface area contributed by atoms with E-state index in [4.69, 9.17) is 0 Å². The number of carboxylic acid groups (broad SMARTS) is 1. The molecule has 0 bridgehead atoms. The monoisotopic (exact) mass is 257 g/mol. The largest absolute Gasteiger partial charge is 0.549 e. The van der Waals surface area contributed by atoms with Gasteiger partial charge in [0.15, 0.2) is 0 Å². The maximum Gasteiger partial charge on any atom is 0.0537 e. The maximum atomic E-state index is 11.4.